The highest BCUT2D eigenvalue weighted by Gasteiger charge is 2.51. The monoisotopic (exact) mass is 267 g/mol. The van der Waals surface area contributed by atoms with Crippen molar-refractivity contribution < 1.29 is 14.6 Å². The van der Waals surface area contributed by atoms with Crippen LogP contribution in [0.1, 0.15) is 38.5 Å². The average Bonchev–Trinajstić information content (AvgIpc) is 2.33. The first-order valence-electron chi connectivity index (χ1n) is 7.59. The summed E-state index contributed by atoms with van der Waals surface area (Å²) < 4.78 is 5.00. The lowest BCUT2D eigenvalue weighted by Gasteiger charge is -2.57. The van der Waals surface area contributed by atoms with Crippen molar-refractivity contribution in [1.29, 1.82) is 0 Å². The van der Waals surface area contributed by atoms with E-state index >= 15 is 0 Å². The second-order valence-electron chi connectivity index (χ2n) is 7.11. The third kappa shape index (κ3) is 2.60. The molecule has 0 radical (unpaired) electrons. The van der Waals surface area contributed by atoms with Gasteiger partial charge in [-0.25, -0.2) is 4.79 Å². The minimum Gasteiger partial charge on any atom is -0.447 e. The largest absolute Gasteiger partial charge is 0.447 e. The zero-order valence-electron chi connectivity index (χ0n) is 11.8. The minimum absolute atomic E-state index is 0.100. The van der Waals surface area contributed by atoms with Gasteiger partial charge in [-0.05, 0) is 61.7 Å². The number of nitrogens with zero attached hydrogens (tertiary/aromatic N) is 1. The van der Waals surface area contributed by atoms with Gasteiger partial charge in [-0.3, -0.25) is 0 Å². The summed E-state index contributed by atoms with van der Waals surface area (Å²) in [7, 11) is 1.83. The predicted molar refractivity (Wildman–Crippen MR) is 71.7 cm³/mol. The Balaban J connectivity index is 1.61. The molecule has 1 amide bonds. The molecule has 4 aliphatic rings. The SMILES string of the molecule is CN(CC12CC3CC(CC(C3)C1)C2)C(=O)OCCO. The van der Waals surface area contributed by atoms with Gasteiger partial charge in [0, 0.05) is 13.6 Å². The summed E-state index contributed by atoms with van der Waals surface area (Å²) in [5.74, 6) is 2.73. The summed E-state index contributed by atoms with van der Waals surface area (Å²) >= 11 is 0. The van der Waals surface area contributed by atoms with Gasteiger partial charge in [0.1, 0.15) is 6.61 Å². The molecule has 4 aliphatic carbocycles. The van der Waals surface area contributed by atoms with Gasteiger partial charge >= 0.3 is 6.09 Å². The molecule has 0 heterocycles. The topological polar surface area (TPSA) is 49.8 Å². The number of hydrogen-bond donors (Lipinski definition) is 1. The summed E-state index contributed by atoms with van der Waals surface area (Å²) in [5, 5.41) is 8.70. The Labute approximate surface area is 115 Å². The van der Waals surface area contributed by atoms with Crippen molar-refractivity contribution in [3.63, 3.8) is 0 Å². The molecule has 4 rings (SSSR count). The van der Waals surface area contributed by atoms with Crippen LogP contribution in [0.3, 0.4) is 0 Å². The maximum Gasteiger partial charge on any atom is 0.409 e. The highest BCUT2D eigenvalue weighted by molar-refractivity contribution is 5.67. The van der Waals surface area contributed by atoms with Gasteiger partial charge < -0.3 is 14.7 Å². The van der Waals surface area contributed by atoms with Gasteiger partial charge in [0.25, 0.3) is 0 Å². The van der Waals surface area contributed by atoms with Crippen LogP contribution in [0.5, 0.6) is 0 Å². The van der Waals surface area contributed by atoms with Crippen molar-refractivity contribution in [3.05, 3.63) is 0 Å². The summed E-state index contributed by atoms with van der Waals surface area (Å²) in [6, 6.07) is 0. The molecule has 0 aliphatic heterocycles. The first kappa shape index (κ1) is 13.2. The summed E-state index contributed by atoms with van der Waals surface area (Å²) in [4.78, 5) is 13.5. The molecule has 4 nitrogen and oxygen atoms in total. The van der Waals surface area contributed by atoms with Crippen LogP contribution in [0.4, 0.5) is 4.79 Å². The highest BCUT2D eigenvalue weighted by Crippen LogP contribution is 2.60. The summed E-state index contributed by atoms with van der Waals surface area (Å²) in [5.41, 5.74) is 0.363. The van der Waals surface area contributed by atoms with Crippen molar-refractivity contribution in [2.75, 3.05) is 26.8 Å². The second-order valence-corrected chi connectivity index (χ2v) is 7.11. The molecule has 0 atom stereocenters. The van der Waals surface area contributed by atoms with Crippen molar-refractivity contribution in [3.8, 4) is 0 Å². The van der Waals surface area contributed by atoms with Gasteiger partial charge in [-0.2, -0.15) is 0 Å². The van der Waals surface area contributed by atoms with Crippen LogP contribution in [-0.4, -0.2) is 42.9 Å². The van der Waals surface area contributed by atoms with Crippen LogP contribution in [0.15, 0.2) is 0 Å². The summed E-state index contributed by atoms with van der Waals surface area (Å²) in [6.07, 6.45) is 7.90. The van der Waals surface area contributed by atoms with E-state index in [1.165, 1.54) is 38.5 Å². The third-order valence-electron chi connectivity index (χ3n) is 5.37. The van der Waals surface area contributed by atoms with E-state index < -0.39 is 0 Å². The molecular weight excluding hydrogens is 242 g/mol. The molecule has 1 N–H and O–H groups in total. The number of rotatable bonds is 4. The normalized spacial score (nSPS) is 39.4. The molecule has 4 bridgehead atoms. The fourth-order valence-electron chi connectivity index (χ4n) is 5.29. The number of amides is 1. The lowest BCUT2D eigenvalue weighted by atomic mass is 9.49. The molecular formula is C15H25NO3. The predicted octanol–water partition coefficient (Wildman–Crippen LogP) is 2.26. The van der Waals surface area contributed by atoms with Gasteiger partial charge in [0.15, 0.2) is 0 Å². The van der Waals surface area contributed by atoms with Crippen LogP contribution in [0.25, 0.3) is 0 Å². The highest BCUT2D eigenvalue weighted by atomic mass is 16.6. The van der Waals surface area contributed by atoms with Crippen LogP contribution in [-0.2, 0) is 4.74 Å². The van der Waals surface area contributed by atoms with E-state index in [4.69, 9.17) is 9.84 Å². The number of carbonyl (C=O) groups excluding carboxylic acids is 1. The Bertz CT molecular complexity index is 320. The van der Waals surface area contributed by atoms with Gasteiger partial charge in [-0.1, -0.05) is 0 Å². The smallest absolute Gasteiger partial charge is 0.409 e. The molecule has 0 spiro atoms. The zero-order chi connectivity index (χ0) is 13.5. The number of aliphatic hydroxyl groups excluding tert-OH is 1. The molecule has 4 saturated carbocycles. The first-order chi connectivity index (χ1) is 9.10. The average molecular weight is 267 g/mol. The van der Waals surface area contributed by atoms with E-state index in [1.54, 1.807) is 4.90 Å². The van der Waals surface area contributed by atoms with Crippen molar-refractivity contribution in [2.45, 2.75) is 38.5 Å². The van der Waals surface area contributed by atoms with E-state index in [-0.39, 0.29) is 19.3 Å². The third-order valence-corrected chi connectivity index (χ3v) is 5.37. The Kier molecular flexibility index (Phi) is 3.46. The zero-order valence-corrected chi connectivity index (χ0v) is 11.8. The van der Waals surface area contributed by atoms with Gasteiger partial charge in [0.2, 0.25) is 0 Å². The minimum atomic E-state index is -0.287. The Morgan fingerprint density at radius 2 is 1.74 bits per heavy atom. The van der Waals surface area contributed by atoms with E-state index in [1.807, 2.05) is 7.05 Å². The lowest BCUT2D eigenvalue weighted by molar-refractivity contribution is -0.0649. The van der Waals surface area contributed by atoms with E-state index in [0.29, 0.717) is 5.41 Å². The van der Waals surface area contributed by atoms with Crippen LogP contribution in [0, 0.1) is 23.2 Å². The number of ether oxygens (including phenoxy) is 1. The van der Waals surface area contributed by atoms with Gasteiger partial charge in [-0.15, -0.1) is 0 Å². The standard InChI is InChI=1S/C15H25NO3/c1-16(14(18)19-3-2-17)10-15-7-11-4-12(8-15)6-13(5-11)9-15/h11-13,17H,2-10H2,1H3. The molecule has 19 heavy (non-hydrogen) atoms. The number of aliphatic hydroxyl groups is 1. The van der Waals surface area contributed by atoms with Crippen molar-refractivity contribution >= 4 is 6.09 Å². The van der Waals surface area contributed by atoms with E-state index in [9.17, 15) is 4.79 Å². The summed E-state index contributed by atoms with van der Waals surface area (Å²) in [6.45, 7) is 0.835. The fourth-order valence-corrected chi connectivity index (χ4v) is 5.29. The first-order valence-corrected chi connectivity index (χ1v) is 7.59. The van der Waals surface area contributed by atoms with E-state index in [0.717, 1.165) is 24.3 Å². The maximum absolute atomic E-state index is 11.8. The van der Waals surface area contributed by atoms with Gasteiger partial charge in [0.05, 0.1) is 6.61 Å². The van der Waals surface area contributed by atoms with Crippen LogP contribution < -0.4 is 0 Å². The second kappa shape index (κ2) is 4.97. The number of carbonyl (C=O) groups is 1. The molecule has 0 unspecified atom stereocenters. The Morgan fingerprint density at radius 3 is 2.21 bits per heavy atom. The Morgan fingerprint density at radius 1 is 1.21 bits per heavy atom. The van der Waals surface area contributed by atoms with Crippen LogP contribution >= 0.6 is 0 Å². The molecule has 0 aromatic carbocycles. The molecule has 0 aromatic heterocycles. The maximum atomic E-state index is 11.8. The van der Waals surface area contributed by atoms with Crippen LogP contribution in [0.2, 0.25) is 0 Å². The number of hydrogen-bond acceptors (Lipinski definition) is 3. The molecule has 4 heteroatoms. The fraction of sp³-hybridized carbons (Fsp3) is 0.933. The van der Waals surface area contributed by atoms with E-state index in [2.05, 4.69) is 0 Å². The molecule has 108 valence electrons. The van der Waals surface area contributed by atoms with Crippen molar-refractivity contribution in [2.24, 2.45) is 23.2 Å². The molecule has 0 aromatic rings. The lowest BCUT2D eigenvalue weighted by Crippen LogP contribution is -2.51. The molecule has 4 fully saturated rings. The molecule has 0 saturated heterocycles. The quantitative estimate of drug-likeness (QED) is 0.850. The Hall–Kier alpha value is -0.770. The van der Waals surface area contributed by atoms with Crippen molar-refractivity contribution in [1.82, 2.24) is 4.90 Å².